The number of fused-ring (bicyclic) bond motifs is 1. The second-order valence-electron chi connectivity index (χ2n) is 11.1. The Kier molecular flexibility index (Phi) is 6.53. The van der Waals surface area contributed by atoms with Crippen LogP contribution in [0.3, 0.4) is 0 Å². The lowest BCUT2D eigenvalue weighted by Crippen LogP contribution is -2.55. The number of rotatable bonds is 4. The van der Waals surface area contributed by atoms with E-state index in [0.29, 0.717) is 25.2 Å². The third-order valence-corrected chi connectivity index (χ3v) is 8.14. The summed E-state index contributed by atoms with van der Waals surface area (Å²) in [6.45, 7) is 4.41. The number of amides is 3. The molecule has 5 rings (SSSR count). The molecule has 3 aliphatic heterocycles. The number of hydrogen-bond donors (Lipinski definition) is 2. The number of benzene rings is 1. The molecular weight excluding hydrogens is 520 g/mol. The zero-order chi connectivity index (χ0) is 28.3. The van der Waals surface area contributed by atoms with E-state index in [1.165, 1.54) is 29.3 Å². The van der Waals surface area contributed by atoms with E-state index < -0.39 is 52.5 Å². The van der Waals surface area contributed by atoms with Gasteiger partial charge in [-0.15, -0.1) is 0 Å². The smallest absolute Gasteiger partial charge is 0.384 e. The summed E-state index contributed by atoms with van der Waals surface area (Å²) in [7, 11) is 0. The quantitative estimate of drug-likeness (QED) is 0.450. The summed E-state index contributed by atoms with van der Waals surface area (Å²) < 4.78 is 54.5. The number of pyridine rings is 1. The SMILES string of the molecule is CC1(C)CN(Cc2ccc(C(F)(F)F)nc2)CCC1(O)c1ccc2c(c1F)CN(C1CCC(=O)NC1=O)C2=O. The first kappa shape index (κ1) is 27.2. The first-order chi connectivity index (χ1) is 18.2. The minimum absolute atomic E-state index is 0.0556. The van der Waals surface area contributed by atoms with Gasteiger partial charge in [0.25, 0.3) is 5.91 Å². The monoisotopic (exact) mass is 548 g/mol. The number of imide groups is 1. The van der Waals surface area contributed by atoms with Crippen LogP contribution in [0, 0.1) is 11.2 Å². The number of nitrogens with zero attached hydrogens (tertiary/aromatic N) is 3. The van der Waals surface area contributed by atoms with Gasteiger partial charge in [-0.2, -0.15) is 13.2 Å². The van der Waals surface area contributed by atoms with Crippen LogP contribution < -0.4 is 5.32 Å². The lowest BCUT2D eigenvalue weighted by molar-refractivity contribution is -0.141. The summed E-state index contributed by atoms with van der Waals surface area (Å²) in [6.07, 6.45) is -2.96. The number of aromatic nitrogens is 1. The van der Waals surface area contributed by atoms with Crippen LogP contribution in [0.25, 0.3) is 0 Å². The molecule has 208 valence electrons. The lowest BCUT2D eigenvalue weighted by Gasteiger charge is -2.50. The Balaban J connectivity index is 1.35. The molecule has 0 radical (unpaired) electrons. The molecule has 2 saturated heterocycles. The Morgan fingerprint density at radius 3 is 2.51 bits per heavy atom. The second-order valence-corrected chi connectivity index (χ2v) is 11.1. The molecule has 1 aromatic carbocycles. The van der Waals surface area contributed by atoms with E-state index in [2.05, 4.69) is 10.3 Å². The van der Waals surface area contributed by atoms with E-state index in [9.17, 15) is 32.7 Å². The predicted molar refractivity (Wildman–Crippen MR) is 129 cm³/mol. The highest BCUT2D eigenvalue weighted by Crippen LogP contribution is 2.48. The topological polar surface area (TPSA) is 103 Å². The molecule has 8 nitrogen and oxygen atoms in total. The Labute approximate surface area is 222 Å². The lowest BCUT2D eigenvalue weighted by atomic mass is 9.66. The molecular formula is C27H28F4N4O4. The third kappa shape index (κ3) is 4.69. The van der Waals surface area contributed by atoms with Gasteiger partial charge in [-0.05, 0) is 30.5 Å². The van der Waals surface area contributed by atoms with E-state index in [1.54, 1.807) is 13.8 Å². The molecule has 0 saturated carbocycles. The number of nitrogens with one attached hydrogen (secondary N) is 1. The molecule has 0 aliphatic carbocycles. The number of likely N-dealkylation sites (tertiary alicyclic amines) is 1. The normalized spacial score (nSPS) is 25.6. The fourth-order valence-corrected chi connectivity index (χ4v) is 5.93. The second kappa shape index (κ2) is 9.37. The van der Waals surface area contributed by atoms with Crippen LogP contribution in [0.2, 0.25) is 0 Å². The van der Waals surface area contributed by atoms with Crippen molar-refractivity contribution in [3.63, 3.8) is 0 Å². The Bertz CT molecular complexity index is 1340. The molecule has 2 unspecified atom stereocenters. The molecule has 39 heavy (non-hydrogen) atoms. The number of carbonyl (C=O) groups is 3. The third-order valence-electron chi connectivity index (χ3n) is 8.14. The van der Waals surface area contributed by atoms with Crippen molar-refractivity contribution in [2.24, 2.45) is 5.41 Å². The number of hydrogen-bond acceptors (Lipinski definition) is 6. The van der Waals surface area contributed by atoms with Crippen molar-refractivity contribution in [1.29, 1.82) is 0 Å². The van der Waals surface area contributed by atoms with Gasteiger partial charge in [0.2, 0.25) is 11.8 Å². The average Bonchev–Trinajstić information content (AvgIpc) is 3.18. The number of halogens is 4. The van der Waals surface area contributed by atoms with E-state index in [0.717, 1.165) is 6.07 Å². The van der Waals surface area contributed by atoms with Gasteiger partial charge in [0.15, 0.2) is 0 Å². The van der Waals surface area contributed by atoms with Crippen molar-refractivity contribution >= 4 is 17.7 Å². The highest BCUT2D eigenvalue weighted by Gasteiger charge is 2.51. The van der Waals surface area contributed by atoms with Crippen LogP contribution in [-0.4, -0.2) is 56.7 Å². The minimum Gasteiger partial charge on any atom is -0.384 e. The van der Waals surface area contributed by atoms with Crippen molar-refractivity contribution in [2.75, 3.05) is 13.1 Å². The highest BCUT2D eigenvalue weighted by molar-refractivity contribution is 6.05. The van der Waals surface area contributed by atoms with Crippen molar-refractivity contribution in [2.45, 2.75) is 64.0 Å². The van der Waals surface area contributed by atoms with Crippen LogP contribution in [0.5, 0.6) is 0 Å². The number of carbonyl (C=O) groups excluding carboxylic acids is 3. The molecule has 0 bridgehead atoms. The van der Waals surface area contributed by atoms with Gasteiger partial charge >= 0.3 is 6.18 Å². The minimum atomic E-state index is -4.52. The molecule has 2 fully saturated rings. The molecule has 3 amide bonds. The number of piperidine rings is 2. The zero-order valence-corrected chi connectivity index (χ0v) is 21.4. The molecule has 4 heterocycles. The van der Waals surface area contributed by atoms with E-state index in [-0.39, 0.29) is 42.5 Å². The van der Waals surface area contributed by atoms with Gasteiger partial charge in [-0.3, -0.25) is 29.6 Å². The Morgan fingerprint density at radius 2 is 1.90 bits per heavy atom. The van der Waals surface area contributed by atoms with Gasteiger partial charge in [0.1, 0.15) is 17.6 Å². The predicted octanol–water partition coefficient (Wildman–Crippen LogP) is 3.12. The largest absolute Gasteiger partial charge is 0.433 e. The summed E-state index contributed by atoms with van der Waals surface area (Å²) in [6, 6.07) is 4.30. The fourth-order valence-electron chi connectivity index (χ4n) is 5.93. The van der Waals surface area contributed by atoms with Crippen molar-refractivity contribution in [1.82, 2.24) is 20.1 Å². The summed E-state index contributed by atoms with van der Waals surface area (Å²) in [5, 5.41) is 14.1. The van der Waals surface area contributed by atoms with Gasteiger partial charge in [0, 0.05) is 54.4 Å². The van der Waals surface area contributed by atoms with Crippen LogP contribution in [0.15, 0.2) is 30.5 Å². The molecule has 2 atom stereocenters. The molecule has 3 aliphatic rings. The van der Waals surface area contributed by atoms with Gasteiger partial charge < -0.3 is 10.0 Å². The van der Waals surface area contributed by atoms with Crippen molar-refractivity contribution in [3.8, 4) is 0 Å². The Morgan fingerprint density at radius 1 is 1.15 bits per heavy atom. The van der Waals surface area contributed by atoms with Crippen molar-refractivity contribution in [3.05, 3.63) is 64.2 Å². The number of alkyl halides is 3. The number of aliphatic hydroxyl groups is 1. The van der Waals surface area contributed by atoms with Gasteiger partial charge in [0.05, 0.1) is 12.1 Å². The molecule has 0 spiro atoms. The maximum absolute atomic E-state index is 16.0. The van der Waals surface area contributed by atoms with Crippen LogP contribution in [-0.2, 0) is 34.5 Å². The molecule has 2 N–H and O–H groups in total. The maximum atomic E-state index is 16.0. The standard InChI is InChI=1S/C27H28F4N4O4/c1-25(2)14-34(12-15-3-7-20(32-11-15)27(29,30)31)10-9-26(25,39)18-5-4-16-17(22(18)28)13-35(24(16)38)19-6-8-21(36)33-23(19)37/h3-5,7,11,19,39H,6,8-10,12-14H2,1-2H3,(H,33,36,37). The van der Waals surface area contributed by atoms with Crippen LogP contribution >= 0.6 is 0 Å². The molecule has 2 aromatic rings. The first-order valence-corrected chi connectivity index (χ1v) is 12.6. The van der Waals surface area contributed by atoms with Gasteiger partial charge in [-0.25, -0.2) is 4.39 Å². The van der Waals surface area contributed by atoms with Crippen LogP contribution in [0.4, 0.5) is 17.6 Å². The average molecular weight is 549 g/mol. The van der Waals surface area contributed by atoms with Crippen LogP contribution in [0.1, 0.15) is 65.9 Å². The van der Waals surface area contributed by atoms with E-state index in [1.807, 2.05) is 4.90 Å². The highest BCUT2D eigenvalue weighted by atomic mass is 19.4. The van der Waals surface area contributed by atoms with E-state index >= 15 is 4.39 Å². The summed E-state index contributed by atoms with van der Waals surface area (Å²) in [5.74, 6) is -2.22. The van der Waals surface area contributed by atoms with Crippen molar-refractivity contribution < 1.29 is 37.1 Å². The Hall–Kier alpha value is -3.38. The fraction of sp³-hybridized carbons (Fsp3) is 0.481. The van der Waals surface area contributed by atoms with Gasteiger partial charge in [-0.1, -0.05) is 26.0 Å². The zero-order valence-electron chi connectivity index (χ0n) is 21.4. The summed E-state index contributed by atoms with van der Waals surface area (Å²) in [4.78, 5) is 43.6. The molecule has 1 aromatic heterocycles. The summed E-state index contributed by atoms with van der Waals surface area (Å²) >= 11 is 0. The summed E-state index contributed by atoms with van der Waals surface area (Å²) in [5.41, 5.74) is -2.57. The molecule has 12 heteroatoms. The first-order valence-electron chi connectivity index (χ1n) is 12.6. The van der Waals surface area contributed by atoms with E-state index in [4.69, 9.17) is 0 Å². The maximum Gasteiger partial charge on any atom is 0.433 e.